The predicted molar refractivity (Wildman–Crippen MR) is 74.7 cm³/mol. The van der Waals surface area contributed by atoms with Gasteiger partial charge in [0, 0.05) is 24.8 Å². The van der Waals surface area contributed by atoms with Gasteiger partial charge in [0.2, 0.25) is 0 Å². The lowest BCUT2D eigenvalue weighted by atomic mass is 9.87. The van der Waals surface area contributed by atoms with Gasteiger partial charge in [-0.05, 0) is 36.0 Å². The molecule has 0 aromatic heterocycles. The first-order valence-corrected chi connectivity index (χ1v) is 6.63. The van der Waals surface area contributed by atoms with E-state index in [4.69, 9.17) is 0 Å². The van der Waals surface area contributed by atoms with Crippen molar-refractivity contribution < 1.29 is 0 Å². The van der Waals surface area contributed by atoms with Crippen LogP contribution in [0, 0.1) is 0 Å². The van der Waals surface area contributed by atoms with Crippen LogP contribution < -0.4 is 10.6 Å². The van der Waals surface area contributed by atoms with Gasteiger partial charge in [0.1, 0.15) is 0 Å². The van der Waals surface area contributed by atoms with Crippen LogP contribution in [-0.2, 0) is 5.41 Å². The van der Waals surface area contributed by atoms with Crippen LogP contribution in [0.4, 0.5) is 5.69 Å². The van der Waals surface area contributed by atoms with Gasteiger partial charge in [0.15, 0.2) is 0 Å². The fraction of sp³-hybridized carbons (Fsp3) is 0.600. The van der Waals surface area contributed by atoms with E-state index in [9.17, 15) is 0 Å². The Bertz CT molecular complexity index is 344. The largest absolute Gasteiger partial charge is 0.384 e. The second-order valence-electron chi connectivity index (χ2n) is 5.98. The molecule has 0 unspecified atom stereocenters. The van der Waals surface area contributed by atoms with Gasteiger partial charge in [-0.2, -0.15) is 0 Å². The van der Waals surface area contributed by atoms with Crippen molar-refractivity contribution >= 4 is 5.69 Å². The van der Waals surface area contributed by atoms with Crippen LogP contribution in [0.2, 0.25) is 0 Å². The number of hydrogen-bond donors (Lipinski definition) is 2. The van der Waals surface area contributed by atoms with Gasteiger partial charge in [-0.15, -0.1) is 0 Å². The first kappa shape index (κ1) is 12.4. The van der Waals surface area contributed by atoms with E-state index in [0.717, 1.165) is 19.1 Å². The third-order valence-corrected chi connectivity index (χ3v) is 3.22. The van der Waals surface area contributed by atoms with Crippen molar-refractivity contribution in [2.75, 3.05) is 18.4 Å². The van der Waals surface area contributed by atoms with Crippen LogP contribution >= 0.6 is 0 Å². The van der Waals surface area contributed by atoms with Crippen LogP contribution in [-0.4, -0.2) is 19.1 Å². The van der Waals surface area contributed by atoms with Gasteiger partial charge in [-0.1, -0.05) is 32.9 Å². The van der Waals surface area contributed by atoms with Gasteiger partial charge in [0.05, 0.1) is 0 Å². The summed E-state index contributed by atoms with van der Waals surface area (Å²) in [5.41, 5.74) is 2.85. The Labute approximate surface area is 105 Å². The van der Waals surface area contributed by atoms with E-state index >= 15 is 0 Å². The molecule has 0 amide bonds. The van der Waals surface area contributed by atoms with Gasteiger partial charge in [-0.25, -0.2) is 0 Å². The van der Waals surface area contributed by atoms with Crippen LogP contribution in [0.3, 0.4) is 0 Å². The summed E-state index contributed by atoms with van der Waals surface area (Å²) < 4.78 is 0. The fourth-order valence-corrected chi connectivity index (χ4v) is 1.86. The molecule has 2 nitrogen and oxygen atoms in total. The molecule has 0 bridgehead atoms. The molecule has 0 radical (unpaired) electrons. The van der Waals surface area contributed by atoms with Crippen molar-refractivity contribution in [3.05, 3.63) is 29.8 Å². The van der Waals surface area contributed by atoms with E-state index in [0.29, 0.717) is 0 Å². The highest BCUT2D eigenvalue weighted by molar-refractivity contribution is 5.45. The zero-order valence-corrected chi connectivity index (χ0v) is 11.2. The summed E-state index contributed by atoms with van der Waals surface area (Å²) in [6, 6.07) is 9.60. The average molecular weight is 232 g/mol. The second-order valence-corrected chi connectivity index (χ2v) is 5.98. The average Bonchev–Trinajstić information content (AvgIpc) is 3.08. The maximum atomic E-state index is 3.50. The zero-order chi connectivity index (χ0) is 12.3. The summed E-state index contributed by atoms with van der Waals surface area (Å²) in [7, 11) is 0. The lowest BCUT2D eigenvalue weighted by molar-refractivity contribution is 0.590. The number of hydrogen-bond acceptors (Lipinski definition) is 2. The second kappa shape index (κ2) is 5.09. The summed E-state index contributed by atoms with van der Waals surface area (Å²) in [6.07, 6.45) is 2.72. The highest BCUT2D eigenvalue weighted by atomic mass is 15.0. The van der Waals surface area contributed by atoms with Gasteiger partial charge < -0.3 is 10.6 Å². The van der Waals surface area contributed by atoms with Gasteiger partial charge in [0.25, 0.3) is 0 Å². The molecular formula is C15H24N2. The normalized spacial score (nSPS) is 15.9. The first-order valence-electron chi connectivity index (χ1n) is 6.63. The molecule has 0 heterocycles. The van der Waals surface area contributed by atoms with Gasteiger partial charge in [-0.3, -0.25) is 0 Å². The molecular weight excluding hydrogens is 208 g/mol. The van der Waals surface area contributed by atoms with E-state index in [1.807, 2.05) is 0 Å². The monoisotopic (exact) mass is 232 g/mol. The summed E-state index contributed by atoms with van der Waals surface area (Å²) in [6.45, 7) is 8.80. The SMILES string of the molecule is CC(C)(C)c1ccc(NCCNC2CC2)cc1. The molecule has 1 saturated carbocycles. The third-order valence-electron chi connectivity index (χ3n) is 3.22. The van der Waals surface area contributed by atoms with Crippen molar-refractivity contribution in [1.82, 2.24) is 5.32 Å². The highest BCUT2D eigenvalue weighted by Crippen LogP contribution is 2.23. The quantitative estimate of drug-likeness (QED) is 0.762. The Kier molecular flexibility index (Phi) is 3.72. The van der Waals surface area contributed by atoms with E-state index in [2.05, 4.69) is 55.7 Å². The molecule has 94 valence electrons. The van der Waals surface area contributed by atoms with Crippen LogP contribution in [0.1, 0.15) is 39.2 Å². The van der Waals surface area contributed by atoms with Crippen molar-refractivity contribution in [1.29, 1.82) is 0 Å². The van der Waals surface area contributed by atoms with E-state index in [-0.39, 0.29) is 5.41 Å². The topological polar surface area (TPSA) is 24.1 Å². The summed E-state index contributed by atoms with van der Waals surface area (Å²) in [5.74, 6) is 0. The lowest BCUT2D eigenvalue weighted by Gasteiger charge is -2.19. The molecule has 1 aromatic rings. The number of benzene rings is 1. The smallest absolute Gasteiger partial charge is 0.0340 e. The van der Waals surface area contributed by atoms with Crippen molar-refractivity contribution in [3.8, 4) is 0 Å². The van der Waals surface area contributed by atoms with Crippen molar-refractivity contribution in [2.24, 2.45) is 0 Å². The molecule has 0 aliphatic heterocycles. The molecule has 1 aliphatic carbocycles. The van der Waals surface area contributed by atoms with E-state index in [1.54, 1.807) is 0 Å². The Balaban J connectivity index is 1.76. The lowest BCUT2D eigenvalue weighted by Crippen LogP contribution is -2.23. The molecule has 0 spiro atoms. The zero-order valence-electron chi connectivity index (χ0n) is 11.2. The van der Waals surface area contributed by atoms with E-state index in [1.165, 1.54) is 24.1 Å². The van der Waals surface area contributed by atoms with E-state index < -0.39 is 0 Å². The molecule has 2 rings (SSSR count). The van der Waals surface area contributed by atoms with Crippen molar-refractivity contribution in [2.45, 2.75) is 45.1 Å². The Morgan fingerprint density at radius 3 is 2.24 bits per heavy atom. The Morgan fingerprint density at radius 1 is 1.06 bits per heavy atom. The molecule has 2 heteroatoms. The number of rotatable bonds is 5. The summed E-state index contributed by atoms with van der Waals surface area (Å²) >= 11 is 0. The summed E-state index contributed by atoms with van der Waals surface area (Å²) in [5, 5.41) is 6.94. The Hall–Kier alpha value is -1.02. The molecule has 2 N–H and O–H groups in total. The molecule has 0 saturated heterocycles. The number of anilines is 1. The first-order chi connectivity index (χ1) is 8.05. The maximum Gasteiger partial charge on any atom is 0.0340 e. The maximum absolute atomic E-state index is 3.50. The molecule has 0 atom stereocenters. The Morgan fingerprint density at radius 2 is 1.71 bits per heavy atom. The molecule has 17 heavy (non-hydrogen) atoms. The fourth-order valence-electron chi connectivity index (χ4n) is 1.86. The molecule has 1 aromatic carbocycles. The minimum Gasteiger partial charge on any atom is -0.384 e. The molecule has 1 aliphatic rings. The van der Waals surface area contributed by atoms with Gasteiger partial charge >= 0.3 is 0 Å². The van der Waals surface area contributed by atoms with Crippen LogP contribution in [0.25, 0.3) is 0 Å². The predicted octanol–water partition coefficient (Wildman–Crippen LogP) is 3.15. The van der Waals surface area contributed by atoms with Crippen molar-refractivity contribution in [3.63, 3.8) is 0 Å². The minimum absolute atomic E-state index is 0.242. The van der Waals surface area contributed by atoms with Crippen LogP contribution in [0.15, 0.2) is 24.3 Å². The standard InChI is InChI=1S/C15H24N2/c1-15(2,3)12-4-6-13(7-5-12)16-10-11-17-14-8-9-14/h4-7,14,16-17H,8-11H2,1-3H3. The third kappa shape index (κ3) is 4.04. The molecule has 1 fully saturated rings. The minimum atomic E-state index is 0.242. The number of nitrogens with one attached hydrogen (secondary N) is 2. The highest BCUT2D eigenvalue weighted by Gasteiger charge is 2.19. The summed E-state index contributed by atoms with van der Waals surface area (Å²) in [4.78, 5) is 0. The van der Waals surface area contributed by atoms with Crippen LogP contribution in [0.5, 0.6) is 0 Å².